The van der Waals surface area contributed by atoms with E-state index in [0.29, 0.717) is 12.2 Å². The molecule has 0 spiro atoms. The topological polar surface area (TPSA) is 24.5 Å². The molecule has 2 fully saturated rings. The third-order valence-corrected chi connectivity index (χ3v) is 5.00. The number of hydrogen-bond donors (Lipinski definition) is 1. The van der Waals surface area contributed by atoms with Crippen LogP contribution in [-0.4, -0.2) is 48.8 Å². The molecule has 124 valence electrons. The SMILES string of the molecule is CN(CC1CCC(CNC(C)(C)C)O1)C1CCCCCC1. The molecule has 1 saturated heterocycles. The molecule has 2 atom stereocenters. The second-order valence-corrected chi connectivity index (χ2v) is 8.17. The van der Waals surface area contributed by atoms with Gasteiger partial charge in [0.05, 0.1) is 12.2 Å². The molecule has 0 radical (unpaired) electrons. The lowest BCUT2D eigenvalue weighted by Crippen LogP contribution is -2.41. The summed E-state index contributed by atoms with van der Waals surface area (Å²) in [5.74, 6) is 0. The zero-order valence-corrected chi connectivity index (χ0v) is 14.7. The molecule has 0 bridgehead atoms. The van der Waals surface area contributed by atoms with Gasteiger partial charge >= 0.3 is 0 Å². The number of rotatable bonds is 5. The monoisotopic (exact) mass is 296 g/mol. The van der Waals surface area contributed by atoms with Crippen LogP contribution in [0.2, 0.25) is 0 Å². The van der Waals surface area contributed by atoms with Crippen molar-refractivity contribution in [2.45, 2.75) is 95.9 Å². The first kappa shape index (κ1) is 17.2. The maximum atomic E-state index is 6.25. The van der Waals surface area contributed by atoms with Gasteiger partial charge in [0, 0.05) is 24.7 Å². The van der Waals surface area contributed by atoms with Crippen LogP contribution < -0.4 is 5.32 Å². The predicted molar refractivity (Wildman–Crippen MR) is 89.8 cm³/mol. The van der Waals surface area contributed by atoms with Crippen molar-refractivity contribution in [3.05, 3.63) is 0 Å². The Labute approximate surface area is 131 Å². The van der Waals surface area contributed by atoms with Crippen LogP contribution in [0.5, 0.6) is 0 Å². The average Bonchev–Trinajstić information content (AvgIpc) is 2.68. The molecule has 3 nitrogen and oxygen atoms in total. The van der Waals surface area contributed by atoms with Gasteiger partial charge in [0.15, 0.2) is 0 Å². The molecule has 1 saturated carbocycles. The Morgan fingerprint density at radius 2 is 1.57 bits per heavy atom. The molecule has 2 rings (SSSR count). The fourth-order valence-electron chi connectivity index (χ4n) is 3.65. The normalized spacial score (nSPS) is 29.0. The fraction of sp³-hybridized carbons (Fsp3) is 1.00. The molecule has 2 aliphatic rings. The quantitative estimate of drug-likeness (QED) is 0.785. The van der Waals surface area contributed by atoms with Crippen LogP contribution in [0.15, 0.2) is 0 Å². The van der Waals surface area contributed by atoms with E-state index in [0.717, 1.165) is 19.1 Å². The highest BCUT2D eigenvalue weighted by atomic mass is 16.5. The van der Waals surface area contributed by atoms with Crippen molar-refractivity contribution in [2.24, 2.45) is 0 Å². The molecule has 0 aromatic heterocycles. The largest absolute Gasteiger partial charge is 0.372 e. The van der Waals surface area contributed by atoms with E-state index < -0.39 is 0 Å². The average molecular weight is 296 g/mol. The molecular formula is C18H36N2O. The lowest BCUT2D eigenvalue weighted by atomic mass is 10.1. The third kappa shape index (κ3) is 6.25. The van der Waals surface area contributed by atoms with E-state index in [1.165, 1.54) is 51.4 Å². The minimum absolute atomic E-state index is 0.193. The van der Waals surface area contributed by atoms with Gasteiger partial charge in [0.2, 0.25) is 0 Å². The van der Waals surface area contributed by atoms with Crippen molar-refractivity contribution < 1.29 is 4.74 Å². The van der Waals surface area contributed by atoms with Crippen molar-refractivity contribution in [1.82, 2.24) is 10.2 Å². The first-order chi connectivity index (χ1) is 9.94. The van der Waals surface area contributed by atoms with Gasteiger partial charge in [-0.1, -0.05) is 25.7 Å². The van der Waals surface area contributed by atoms with E-state index in [2.05, 4.69) is 38.0 Å². The highest BCUT2D eigenvalue weighted by Gasteiger charge is 2.28. The second kappa shape index (κ2) is 7.94. The number of hydrogen-bond acceptors (Lipinski definition) is 3. The summed E-state index contributed by atoms with van der Waals surface area (Å²) in [7, 11) is 2.31. The van der Waals surface area contributed by atoms with Gasteiger partial charge in [-0.3, -0.25) is 0 Å². The van der Waals surface area contributed by atoms with Crippen LogP contribution in [0, 0.1) is 0 Å². The van der Waals surface area contributed by atoms with Crippen molar-refractivity contribution in [3.63, 3.8) is 0 Å². The lowest BCUT2D eigenvalue weighted by Gasteiger charge is -2.29. The predicted octanol–water partition coefficient (Wildman–Crippen LogP) is 3.58. The summed E-state index contributed by atoms with van der Waals surface area (Å²) in [6.45, 7) is 8.78. The molecule has 1 aliphatic carbocycles. The molecule has 0 amide bonds. The van der Waals surface area contributed by atoms with E-state index in [-0.39, 0.29) is 5.54 Å². The Bertz CT molecular complexity index is 292. The molecular weight excluding hydrogens is 260 g/mol. The van der Waals surface area contributed by atoms with Crippen molar-refractivity contribution in [3.8, 4) is 0 Å². The number of nitrogens with zero attached hydrogens (tertiary/aromatic N) is 1. The maximum Gasteiger partial charge on any atom is 0.0707 e. The summed E-state index contributed by atoms with van der Waals surface area (Å²) >= 11 is 0. The number of likely N-dealkylation sites (N-methyl/N-ethyl adjacent to an activating group) is 1. The Balaban J connectivity index is 1.69. The zero-order valence-electron chi connectivity index (χ0n) is 14.7. The lowest BCUT2D eigenvalue weighted by molar-refractivity contribution is 0.0169. The number of nitrogens with one attached hydrogen (secondary N) is 1. The molecule has 0 aromatic rings. The van der Waals surface area contributed by atoms with Gasteiger partial charge in [0.1, 0.15) is 0 Å². The van der Waals surface area contributed by atoms with E-state index in [9.17, 15) is 0 Å². The molecule has 1 N–H and O–H groups in total. The van der Waals surface area contributed by atoms with Gasteiger partial charge in [-0.25, -0.2) is 0 Å². The molecule has 21 heavy (non-hydrogen) atoms. The first-order valence-electron chi connectivity index (χ1n) is 9.05. The van der Waals surface area contributed by atoms with Crippen LogP contribution in [0.25, 0.3) is 0 Å². The van der Waals surface area contributed by atoms with Crippen molar-refractivity contribution in [1.29, 1.82) is 0 Å². The second-order valence-electron chi connectivity index (χ2n) is 8.17. The van der Waals surface area contributed by atoms with Crippen LogP contribution in [0.3, 0.4) is 0 Å². The molecule has 1 aliphatic heterocycles. The summed E-state index contributed by atoms with van der Waals surface area (Å²) in [6.07, 6.45) is 11.8. The minimum atomic E-state index is 0.193. The van der Waals surface area contributed by atoms with Gasteiger partial charge in [-0.2, -0.15) is 0 Å². The van der Waals surface area contributed by atoms with E-state index in [1.807, 2.05) is 0 Å². The Morgan fingerprint density at radius 1 is 0.952 bits per heavy atom. The van der Waals surface area contributed by atoms with Crippen LogP contribution in [0.1, 0.15) is 72.1 Å². The minimum Gasteiger partial charge on any atom is -0.372 e. The highest BCUT2D eigenvalue weighted by Crippen LogP contribution is 2.24. The van der Waals surface area contributed by atoms with Crippen LogP contribution in [-0.2, 0) is 4.74 Å². The van der Waals surface area contributed by atoms with Crippen molar-refractivity contribution in [2.75, 3.05) is 20.1 Å². The van der Waals surface area contributed by atoms with Gasteiger partial charge < -0.3 is 15.0 Å². The third-order valence-electron chi connectivity index (χ3n) is 5.00. The standard InChI is InChI=1S/C18H36N2O/c1-18(2,3)19-13-16-11-12-17(21-16)14-20(4)15-9-7-5-6-8-10-15/h15-17,19H,5-14H2,1-4H3. The molecule has 0 aromatic carbocycles. The first-order valence-corrected chi connectivity index (χ1v) is 9.05. The maximum absolute atomic E-state index is 6.25. The summed E-state index contributed by atoms with van der Waals surface area (Å²) in [5.41, 5.74) is 0.193. The fourth-order valence-corrected chi connectivity index (χ4v) is 3.65. The summed E-state index contributed by atoms with van der Waals surface area (Å²) in [4.78, 5) is 2.58. The van der Waals surface area contributed by atoms with Crippen LogP contribution in [0.4, 0.5) is 0 Å². The molecule has 1 heterocycles. The molecule has 2 unspecified atom stereocenters. The summed E-state index contributed by atoms with van der Waals surface area (Å²) in [5, 5.41) is 3.57. The summed E-state index contributed by atoms with van der Waals surface area (Å²) < 4.78 is 6.25. The van der Waals surface area contributed by atoms with E-state index >= 15 is 0 Å². The Kier molecular flexibility index (Phi) is 6.51. The van der Waals surface area contributed by atoms with E-state index in [1.54, 1.807) is 0 Å². The van der Waals surface area contributed by atoms with Crippen molar-refractivity contribution >= 4 is 0 Å². The highest BCUT2D eigenvalue weighted by molar-refractivity contribution is 4.82. The van der Waals surface area contributed by atoms with Crippen LogP contribution >= 0.6 is 0 Å². The molecule has 3 heteroatoms. The van der Waals surface area contributed by atoms with E-state index in [4.69, 9.17) is 4.74 Å². The van der Waals surface area contributed by atoms with Gasteiger partial charge in [-0.15, -0.1) is 0 Å². The zero-order chi connectivity index (χ0) is 15.3. The smallest absolute Gasteiger partial charge is 0.0707 e. The van der Waals surface area contributed by atoms with Gasteiger partial charge in [-0.05, 0) is 53.5 Å². The van der Waals surface area contributed by atoms with Gasteiger partial charge in [0.25, 0.3) is 0 Å². The Hall–Kier alpha value is -0.120. The summed E-state index contributed by atoms with van der Waals surface area (Å²) in [6, 6.07) is 0.794. The Morgan fingerprint density at radius 3 is 2.19 bits per heavy atom. The number of ether oxygens (including phenoxy) is 1.